The molecule has 0 aromatic heterocycles. The molecule has 1 aliphatic rings. The lowest BCUT2D eigenvalue weighted by molar-refractivity contribution is -0.145. The van der Waals surface area contributed by atoms with Crippen LogP contribution in [0.2, 0.25) is 0 Å². The van der Waals surface area contributed by atoms with Gasteiger partial charge in [-0.15, -0.1) is 0 Å². The second-order valence-corrected chi connectivity index (χ2v) is 7.16. The average Bonchev–Trinajstić information content (AvgIpc) is 2.97. The molecule has 0 spiro atoms. The van der Waals surface area contributed by atoms with E-state index in [4.69, 9.17) is 0 Å². The molecule has 0 heterocycles. The maximum atomic E-state index is 14.3. The fourth-order valence-corrected chi connectivity index (χ4v) is 3.67. The van der Waals surface area contributed by atoms with Gasteiger partial charge in [0.15, 0.2) is 17.4 Å². The molecule has 1 aromatic rings. The van der Waals surface area contributed by atoms with E-state index >= 15 is 0 Å². The van der Waals surface area contributed by atoms with Gasteiger partial charge in [-0.25, -0.2) is 8.78 Å². The topological polar surface area (TPSA) is 46.5 Å². The van der Waals surface area contributed by atoms with Crippen molar-refractivity contribution in [2.75, 3.05) is 7.11 Å². The molecule has 0 aliphatic heterocycles. The lowest BCUT2D eigenvalue weighted by atomic mass is 9.87. The first-order valence-electron chi connectivity index (χ1n) is 7.70. The zero-order valence-electron chi connectivity index (χ0n) is 14.6. The van der Waals surface area contributed by atoms with Gasteiger partial charge < -0.3 is 9.84 Å². The molecule has 3 nitrogen and oxygen atoms in total. The minimum absolute atomic E-state index is 0.519. The third kappa shape index (κ3) is 2.60. The van der Waals surface area contributed by atoms with Crippen molar-refractivity contribution in [3.05, 3.63) is 40.5 Å². The lowest BCUT2D eigenvalue weighted by Gasteiger charge is -2.18. The number of methoxy groups -OCH3 is 1. The first-order chi connectivity index (χ1) is 11.4. The third-order valence-corrected chi connectivity index (χ3v) is 5.23. The summed E-state index contributed by atoms with van der Waals surface area (Å²) >= 11 is 0. The minimum Gasteiger partial charge on any atom is -0.491 e. The number of benzene rings is 1. The molecule has 0 saturated heterocycles. The molecular formula is C18H20F4O3. The van der Waals surface area contributed by atoms with Crippen LogP contribution in [0.1, 0.15) is 33.3 Å². The quantitative estimate of drug-likeness (QED) is 0.478. The Morgan fingerprint density at radius 1 is 1.12 bits per heavy atom. The van der Waals surface area contributed by atoms with E-state index in [1.807, 2.05) is 0 Å². The molecule has 0 amide bonds. The average molecular weight is 360 g/mol. The highest BCUT2D eigenvalue weighted by atomic mass is 19.2. The molecule has 25 heavy (non-hydrogen) atoms. The number of carboxylic acid groups (broad SMARTS) is 1. The van der Waals surface area contributed by atoms with Crippen LogP contribution in [0.15, 0.2) is 11.6 Å². The molecule has 1 saturated carbocycles. The first kappa shape index (κ1) is 19.3. The molecule has 2 rings (SSSR count). The zero-order chi connectivity index (χ0) is 19.3. The predicted molar refractivity (Wildman–Crippen MR) is 83.3 cm³/mol. The van der Waals surface area contributed by atoms with Gasteiger partial charge >= 0.3 is 5.97 Å². The van der Waals surface area contributed by atoms with Crippen LogP contribution in [0, 0.1) is 40.0 Å². The van der Waals surface area contributed by atoms with Crippen molar-refractivity contribution in [1.29, 1.82) is 0 Å². The van der Waals surface area contributed by atoms with Gasteiger partial charge in [-0.3, -0.25) is 4.79 Å². The van der Waals surface area contributed by atoms with E-state index < -0.39 is 63.7 Å². The van der Waals surface area contributed by atoms with Gasteiger partial charge in [0.2, 0.25) is 11.6 Å². The van der Waals surface area contributed by atoms with E-state index in [1.54, 1.807) is 33.8 Å². The molecule has 1 aromatic carbocycles. The van der Waals surface area contributed by atoms with Crippen LogP contribution in [0.4, 0.5) is 17.6 Å². The highest BCUT2D eigenvalue weighted by Crippen LogP contribution is 2.71. The van der Waals surface area contributed by atoms with E-state index in [0.717, 1.165) is 12.7 Å². The maximum Gasteiger partial charge on any atom is 0.311 e. The van der Waals surface area contributed by atoms with Crippen LogP contribution in [-0.2, 0) is 11.2 Å². The Labute approximate surface area is 143 Å². The van der Waals surface area contributed by atoms with Crippen molar-refractivity contribution in [2.45, 2.75) is 34.1 Å². The number of hydrogen-bond acceptors (Lipinski definition) is 2. The summed E-state index contributed by atoms with van der Waals surface area (Å²) in [6.07, 6.45) is 1.04. The van der Waals surface area contributed by atoms with Crippen molar-refractivity contribution in [2.24, 2.45) is 16.7 Å². The molecule has 1 fully saturated rings. The van der Waals surface area contributed by atoms with Crippen molar-refractivity contribution < 1.29 is 32.2 Å². The Balaban J connectivity index is 2.62. The van der Waals surface area contributed by atoms with Crippen molar-refractivity contribution in [3.8, 4) is 5.75 Å². The summed E-state index contributed by atoms with van der Waals surface area (Å²) in [5.74, 6) is -9.56. The summed E-state index contributed by atoms with van der Waals surface area (Å²) < 4.78 is 60.8. The van der Waals surface area contributed by atoms with E-state index in [-0.39, 0.29) is 0 Å². The van der Waals surface area contributed by atoms with Crippen LogP contribution < -0.4 is 4.74 Å². The lowest BCUT2D eigenvalue weighted by Crippen LogP contribution is -2.26. The molecule has 7 heteroatoms. The number of carbonyl (C=O) groups is 1. The van der Waals surface area contributed by atoms with Crippen LogP contribution in [0.5, 0.6) is 5.75 Å². The standard InChI is InChI=1S/C18H20F4O3/c1-8(2)6-10-17(3,4)18(10,16(23)24)7-9-11(19)13(21)15(25-5)14(22)12(9)20/h6,10H,7H2,1-5H3,(H,23,24)/t10?,18-/m0/s1. The number of aliphatic carboxylic acids is 1. The third-order valence-electron chi connectivity index (χ3n) is 5.23. The number of allylic oxidation sites excluding steroid dienone is 2. The smallest absolute Gasteiger partial charge is 0.311 e. The van der Waals surface area contributed by atoms with Gasteiger partial charge in [0.05, 0.1) is 12.5 Å². The summed E-state index contributed by atoms with van der Waals surface area (Å²) in [5.41, 5.74) is -2.47. The normalized spacial score (nSPS) is 24.0. The SMILES string of the molecule is COc1c(F)c(F)c(C[C@@]2(C(=O)O)C(C=C(C)C)C2(C)C)c(F)c1F. The molecule has 1 N–H and O–H groups in total. The van der Waals surface area contributed by atoms with Gasteiger partial charge in [0.1, 0.15) is 0 Å². The van der Waals surface area contributed by atoms with E-state index in [2.05, 4.69) is 4.74 Å². The second kappa shape index (κ2) is 6.04. The van der Waals surface area contributed by atoms with Crippen LogP contribution in [-0.4, -0.2) is 18.2 Å². The van der Waals surface area contributed by atoms with Crippen molar-refractivity contribution in [1.82, 2.24) is 0 Å². The van der Waals surface area contributed by atoms with Crippen molar-refractivity contribution in [3.63, 3.8) is 0 Å². The number of hydrogen-bond donors (Lipinski definition) is 1. The number of rotatable bonds is 5. The zero-order valence-corrected chi connectivity index (χ0v) is 14.6. The van der Waals surface area contributed by atoms with Crippen molar-refractivity contribution >= 4 is 5.97 Å². The predicted octanol–water partition coefficient (Wildman–Crippen LogP) is 4.49. The molecule has 1 aliphatic carbocycles. The second-order valence-electron chi connectivity index (χ2n) is 7.16. The highest BCUT2D eigenvalue weighted by Gasteiger charge is 2.74. The summed E-state index contributed by atoms with van der Waals surface area (Å²) in [6, 6.07) is 0. The monoisotopic (exact) mass is 360 g/mol. The van der Waals surface area contributed by atoms with E-state index in [0.29, 0.717) is 0 Å². The summed E-state index contributed by atoms with van der Waals surface area (Å²) in [6.45, 7) is 6.85. The Kier molecular flexibility index (Phi) is 4.65. The molecule has 2 atom stereocenters. The number of carboxylic acids is 1. The summed E-state index contributed by atoms with van der Waals surface area (Å²) in [7, 11) is 0.883. The van der Waals surface area contributed by atoms with Crippen LogP contribution in [0.25, 0.3) is 0 Å². The molecule has 138 valence electrons. The van der Waals surface area contributed by atoms with Gasteiger partial charge in [-0.2, -0.15) is 8.78 Å². The van der Waals surface area contributed by atoms with Gasteiger partial charge in [-0.1, -0.05) is 25.5 Å². The number of halogens is 4. The van der Waals surface area contributed by atoms with Crippen LogP contribution in [0.3, 0.4) is 0 Å². The molecule has 0 radical (unpaired) electrons. The fraction of sp³-hybridized carbons (Fsp3) is 0.500. The largest absolute Gasteiger partial charge is 0.491 e. The summed E-state index contributed by atoms with van der Waals surface area (Å²) in [4.78, 5) is 11.9. The summed E-state index contributed by atoms with van der Waals surface area (Å²) in [5, 5.41) is 9.72. The fourth-order valence-electron chi connectivity index (χ4n) is 3.67. The Morgan fingerprint density at radius 3 is 1.96 bits per heavy atom. The molecular weight excluding hydrogens is 340 g/mol. The van der Waals surface area contributed by atoms with Gasteiger partial charge in [-0.05, 0) is 25.7 Å². The first-order valence-corrected chi connectivity index (χ1v) is 7.70. The van der Waals surface area contributed by atoms with Gasteiger partial charge in [0.25, 0.3) is 0 Å². The Hall–Kier alpha value is -2.05. The maximum absolute atomic E-state index is 14.3. The highest BCUT2D eigenvalue weighted by molar-refractivity contribution is 5.82. The van der Waals surface area contributed by atoms with E-state index in [1.165, 1.54) is 0 Å². The number of ether oxygens (including phenoxy) is 1. The minimum atomic E-state index is -1.67. The molecule has 0 bridgehead atoms. The Morgan fingerprint density at radius 2 is 1.60 bits per heavy atom. The van der Waals surface area contributed by atoms with Crippen LogP contribution >= 0.6 is 0 Å². The Bertz CT molecular complexity index is 737. The van der Waals surface area contributed by atoms with Gasteiger partial charge in [0, 0.05) is 11.5 Å². The molecule has 1 unspecified atom stereocenters. The van der Waals surface area contributed by atoms with E-state index in [9.17, 15) is 27.5 Å².